The van der Waals surface area contributed by atoms with Crippen molar-refractivity contribution >= 4 is 28.3 Å². The van der Waals surface area contributed by atoms with E-state index in [0.717, 1.165) is 36.0 Å². The molecule has 0 saturated carbocycles. The lowest BCUT2D eigenvalue weighted by Crippen LogP contribution is -2.39. The van der Waals surface area contributed by atoms with Crippen molar-refractivity contribution in [2.24, 2.45) is 4.99 Å². The summed E-state index contributed by atoms with van der Waals surface area (Å²) in [5.74, 6) is 1.12. The predicted octanol–water partition coefficient (Wildman–Crippen LogP) is 2.86. The molecule has 1 aliphatic rings. The van der Waals surface area contributed by atoms with Crippen LogP contribution < -0.4 is 5.32 Å². The Morgan fingerprint density at radius 2 is 2.41 bits per heavy atom. The van der Waals surface area contributed by atoms with Crippen LogP contribution in [-0.4, -0.2) is 28.0 Å². The van der Waals surface area contributed by atoms with Gasteiger partial charge in [0, 0.05) is 35.3 Å². The zero-order valence-corrected chi connectivity index (χ0v) is 12.2. The zero-order chi connectivity index (χ0) is 12.3. The second kappa shape index (κ2) is 5.40. The van der Waals surface area contributed by atoms with Gasteiger partial charge in [-0.05, 0) is 20.3 Å². The number of nitrogens with zero attached hydrogens (tertiary/aromatic N) is 2. The molecule has 0 spiro atoms. The van der Waals surface area contributed by atoms with Gasteiger partial charge in [0.25, 0.3) is 0 Å². The Hall–Kier alpha value is -0.550. The fourth-order valence-corrected chi connectivity index (χ4v) is 3.60. The summed E-state index contributed by atoms with van der Waals surface area (Å²) in [6.07, 6.45) is 2.10. The third-order valence-corrected chi connectivity index (χ3v) is 5.28. The van der Waals surface area contributed by atoms with Crippen molar-refractivity contribution in [1.29, 1.82) is 0 Å². The first-order chi connectivity index (χ1) is 8.11. The Morgan fingerprint density at radius 1 is 1.59 bits per heavy atom. The molecule has 1 atom stereocenters. The highest BCUT2D eigenvalue weighted by molar-refractivity contribution is 8.14. The molecule has 5 heteroatoms. The highest BCUT2D eigenvalue weighted by atomic mass is 32.2. The molecule has 1 saturated heterocycles. The van der Waals surface area contributed by atoms with Gasteiger partial charge in [-0.2, -0.15) is 0 Å². The van der Waals surface area contributed by atoms with Crippen molar-refractivity contribution in [3.8, 4) is 0 Å². The average molecular weight is 269 g/mol. The van der Waals surface area contributed by atoms with Gasteiger partial charge < -0.3 is 5.32 Å². The Morgan fingerprint density at radius 3 is 3.00 bits per heavy atom. The minimum atomic E-state index is 0.237. The smallest absolute Gasteiger partial charge is 0.157 e. The van der Waals surface area contributed by atoms with Gasteiger partial charge in [-0.25, -0.2) is 4.98 Å². The van der Waals surface area contributed by atoms with Crippen LogP contribution in [0.4, 0.5) is 0 Å². The van der Waals surface area contributed by atoms with E-state index in [4.69, 9.17) is 0 Å². The van der Waals surface area contributed by atoms with Crippen LogP contribution in [0.25, 0.3) is 0 Å². The highest BCUT2D eigenvalue weighted by Crippen LogP contribution is 2.25. The third-order valence-electron chi connectivity index (χ3n) is 2.96. The molecule has 0 radical (unpaired) electrons. The van der Waals surface area contributed by atoms with Gasteiger partial charge in [-0.1, -0.05) is 18.7 Å². The van der Waals surface area contributed by atoms with Crippen molar-refractivity contribution in [2.75, 3.05) is 12.3 Å². The molecule has 2 rings (SSSR count). The molecule has 0 amide bonds. The summed E-state index contributed by atoms with van der Waals surface area (Å²) in [4.78, 5) is 9.05. The molecule has 94 valence electrons. The van der Waals surface area contributed by atoms with Crippen molar-refractivity contribution in [1.82, 2.24) is 10.3 Å². The summed E-state index contributed by atoms with van der Waals surface area (Å²) in [5, 5.41) is 7.89. The van der Waals surface area contributed by atoms with Crippen molar-refractivity contribution < 1.29 is 0 Å². The second-order valence-electron chi connectivity index (χ2n) is 4.65. The summed E-state index contributed by atoms with van der Waals surface area (Å²) < 4.78 is 0. The number of aliphatic imine (C=N–C) groups is 1. The van der Waals surface area contributed by atoms with Crippen LogP contribution in [0, 0.1) is 6.92 Å². The molecule has 1 unspecified atom stereocenters. The number of amidine groups is 1. The van der Waals surface area contributed by atoms with E-state index < -0.39 is 0 Å². The molecular weight excluding hydrogens is 250 g/mol. The summed E-state index contributed by atoms with van der Waals surface area (Å²) >= 11 is 3.56. The number of hydrogen-bond acceptors (Lipinski definition) is 4. The molecule has 17 heavy (non-hydrogen) atoms. The Bertz CT molecular complexity index is 414. The van der Waals surface area contributed by atoms with E-state index in [2.05, 4.69) is 34.5 Å². The monoisotopic (exact) mass is 269 g/mol. The number of hydrogen-bond donors (Lipinski definition) is 1. The molecule has 0 bridgehead atoms. The Labute approximate surface area is 111 Å². The highest BCUT2D eigenvalue weighted by Gasteiger charge is 2.30. The molecular formula is C12H19N3S2. The van der Waals surface area contributed by atoms with Crippen LogP contribution in [0.15, 0.2) is 10.4 Å². The lowest BCUT2D eigenvalue weighted by molar-refractivity contribution is 0.466. The maximum absolute atomic E-state index is 4.61. The molecule has 1 aromatic heterocycles. The number of aryl methyl sites for hydroxylation is 1. The van der Waals surface area contributed by atoms with Gasteiger partial charge in [0.15, 0.2) is 5.17 Å². The molecule has 0 aliphatic carbocycles. The first-order valence-corrected chi connectivity index (χ1v) is 7.84. The maximum atomic E-state index is 4.61. The maximum Gasteiger partial charge on any atom is 0.157 e. The summed E-state index contributed by atoms with van der Waals surface area (Å²) in [6.45, 7) is 7.34. The minimum Gasteiger partial charge on any atom is -0.359 e. The van der Waals surface area contributed by atoms with Gasteiger partial charge in [0.2, 0.25) is 0 Å². The van der Waals surface area contributed by atoms with Gasteiger partial charge >= 0.3 is 0 Å². The van der Waals surface area contributed by atoms with Crippen LogP contribution in [0.3, 0.4) is 0 Å². The zero-order valence-electron chi connectivity index (χ0n) is 10.6. The van der Waals surface area contributed by atoms with Gasteiger partial charge in [0.1, 0.15) is 0 Å². The molecule has 1 aromatic rings. The first-order valence-electron chi connectivity index (χ1n) is 5.98. The van der Waals surface area contributed by atoms with Crippen LogP contribution >= 0.6 is 23.1 Å². The molecule has 1 N–H and O–H groups in total. The van der Waals surface area contributed by atoms with Crippen molar-refractivity contribution in [3.63, 3.8) is 0 Å². The minimum absolute atomic E-state index is 0.237. The topological polar surface area (TPSA) is 37.3 Å². The summed E-state index contributed by atoms with van der Waals surface area (Å²) in [7, 11) is 0. The largest absolute Gasteiger partial charge is 0.359 e. The molecule has 1 fully saturated rings. The average Bonchev–Trinajstić information content (AvgIpc) is 2.87. The van der Waals surface area contributed by atoms with Crippen LogP contribution in [-0.2, 0) is 6.42 Å². The predicted molar refractivity (Wildman–Crippen MR) is 77.1 cm³/mol. The van der Waals surface area contributed by atoms with Crippen LogP contribution in [0.1, 0.15) is 31.0 Å². The lowest BCUT2D eigenvalue weighted by atomic mass is 10.0. The van der Waals surface area contributed by atoms with Crippen LogP contribution in [0.5, 0.6) is 0 Å². The fraction of sp³-hybridized carbons (Fsp3) is 0.667. The van der Waals surface area contributed by atoms with E-state index in [0.29, 0.717) is 0 Å². The lowest BCUT2D eigenvalue weighted by Gasteiger charge is -2.20. The number of thiazole rings is 1. The number of aromatic nitrogens is 1. The van der Waals surface area contributed by atoms with Crippen LogP contribution in [0.2, 0.25) is 0 Å². The van der Waals surface area contributed by atoms with E-state index in [-0.39, 0.29) is 5.54 Å². The molecule has 0 aromatic carbocycles. The second-order valence-corrected chi connectivity index (χ2v) is 6.55. The van der Waals surface area contributed by atoms with E-state index in [9.17, 15) is 0 Å². The first kappa shape index (κ1) is 12.9. The number of nitrogens with one attached hydrogen (secondary N) is 1. The quantitative estimate of drug-likeness (QED) is 0.913. The molecule has 2 heterocycles. The Kier molecular flexibility index (Phi) is 4.09. The van der Waals surface area contributed by atoms with Gasteiger partial charge in [-0.3, -0.25) is 4.99 Å². The van der Waals surface area contributed by atoms with E-state index in [1.165, 1.54) is 5.01 Å². The summed E-state index contributed by atoms with van der Waals surface area (Å²) in [6, 6.07) is 0. The molecule has 3 nitrogen and oxygen atoms in total. The van der Waals surface area contributed by atoms with Crippen molar-refractivity contribution in [2.45, 2.75) is 39.2 Å². The SMILES string of the molecule is CCC1(C)CSC(=NCCc2nc(C)cs2)N1. The van der Waals surface area contributed by atoms with E-state index in [1.807, 2.05) is 18.7 Å². The fourth-order valence-electron chi connectivity index (χ4n) is 1.60. The van der Waals surface area contributed by atoms with Crippen molar-refractivity contribution in [3.05, 3.63) is 16.1 Å². The Balaban J connectivity index is 1.82. The summed E-state index contributed by atoms with van der Waals surface area (Å²) in [5.41, 5.74) is 1.35. The van der Waals surface area contributed by atoms with Gasteiger partial charge in [0.05, 0.1) is 5.01 Å². The number of thioether (sulfide) groups is 1. The van der Waals surface area contributed by atoms with E-state index in [1.54, 1.807) is 11.3 Å². The third kappa shape index (κ3) is 3.45. The standard InChI is InChI=1S/C12H19N3S2/c1-4-12(3)8-17-11(15-12)13-6-5-10-14-9(2)7-16-10/h7H,4-6,8H2,1-3H3,(H,13,15). The normalized spacial score (nSPS) is 26.4. The van der Waals surface area contributed by atoms with E-state index >= 15 is 0 Å². The number of rotatable bonds is 4. The molecule has 1 aliphatic heterocycles. The van der Waals surface area contributed by atoms with Gasteiger partial charge in [-0.15, -0.1) is 11.3 Å².